The van der Waals surface area contributed by atoms with E-state index >= 15 is 0 Å². The van der Waals surface area contributed by atoms with E-state index in [0.29, 0.717) is 29.2 Å². The zero-order chi connectivity index (χ0) is 21.5. The highest BCUT2D eigenvalue weighted by Crippen LogP contribution is 2.38. The van der Waals surface area contributed by atoms with Crippen LogP contribution in [0.1, 0.15) is 63.0 Å². The fourth-order valence-corrected chi connectivity index (χ4v) is 4.22. The molecule has 4 nitrogen and oxygen atoms in total. The Morgan fingerprint density at radius 1 is 1.20 bits per heavy atom. The Bertz CT molecular complexity index is 858. The van der Waals surface area contributed by atoms with Crippen molar-refractivity contribution in [3.8, 4) is 5.75 Å². The topological polar surface area (TPSA) is 56.8 Å². The molecule has 6 heteroatoms. The first-order chi connectivity index (χ1) is 14.4. The summed E-state index contributed by atoms with van der Waals surface area (Å²) in [4.78, 5) is 4.58. The monoisotopic (exact) mass is 430 g/mol. The highest BCUT2D eigenvalue weighted by Gasteiger charge is 2.25. The molecule has 0 saturated heterocycles. The molecule has 1 heterocycles. The van der Waals surface area contributed by atoms with Gasteiger partial charge >= 0.3 is 0 Å². The van der Waals surface area contributed by atoms with Crippen LogP contribution in [0.25, 0.3) is 0 Å². The van der Waals surface area contributed by atoms with E-state index in [4.69, 9.17) is 15.2 Å². The van der Waals surface area contributed by atoms with Crippen LogP contribution in [-0.4, -0.2) is 11.2 Å². The average molecular weight is 431 g/mol. The number of amidine groups is 1. The van der Waals surface area contributed by atoms with Gasteiger partial charge in [0.15, 0.2) is 5.17 Å². The fourth-order valence-electron chi connectivity index (χ4n) is 3.45. The van der Waals surface area contributed by atoms with Crippen LogP contribution in [0.2, 0.25) is 0 Å². The molecule has 30 heavy (non-hydrogen) atoms. The quantitative estimate of drug-likeness (QED) is 0.400. The molecule has 2 atom stereocenters. The standard InChI is InChI=1S/C24H31FN2O2S/c1-16(2)8-7-9-17(3)27-24(26)30-15-20-13-21(25)12-19-14-28-23(29-22(19)20)18-10-5-4-6-11-18/h4-6,10-13,16-17,23H,7-9,14-15H2,1-3H3,(H2,26,27)/t17-,23-/m1/s1. The van der Waals surface area contributed by atoms with Gasteiger partial charge in [-0.3, -0.25) is 4.99 Å². The second-order valence-electron chi connectivity index (χ2n) is 8.15. The van der Waals surface area contributed by atoms with E-state index in [2.05, 4.69) is 25.8 Å². The molecular weight excluding hydrogens is 399 g/mol. The second kappa shape index (κ2) is 10.8. The Balaban J connectivity index is 1.65. The van der Waals surface area contributed by atoms with Gasteiger partial charge in [-0.15, -0.1) is 0 Å². The number of benzene rings is 2. The van der Waals surface area contributed by atoms with Crippen molar-refractivity contribution in [1.29, 1.82) is 0 Å². The second-order valence-corrected chi connectivity index (χ2v) is 9.15. The maximum atomic E-state index is 14.1. The van der Waals surface area contributed by atoms with Gasteiger partial charge in [-0.1, -0.05) is 68.8 Å². The molecule has 1 aliphatic rings. The molecule has 0 spiro atoms. The van der Waals surface area contributed by atoms with Crippen LogP contribution in [-0.2, 0) is 17.1 Å². The molecule has 0 radical (unpaired) electrons. The predicted octanol–water partition coefficient (Wildman–Crippen LogP) is 6.20. The molecule has 2 N–H and O–H groups in total. The van der Waals surface area contributed by atoms with Crippen molar-refractivity contribution in [2.45, 2.75) is 64.7 Å². The van der Waals surface area contributed by atoms with Gasteiger partial charge < -0.3 is 15.2 Å². The summed E-state index contributed by atoms with van der Waals surface area (Å²) in [6.45, 7) is 6.85. The lowest BCUT2D eigenvalue weighted by molar-refractivity contribution is -0.112. The number of halogens is 1. The van der Waals surface area contributed by atoms with E-state index in [9.17, 15) is 4.39 Å². The lowest BCUT2D eigenvalue weighted by atomic mass is 10.0. The van der Waals surface area contributed by atoms with E-state index in [-0.39, 0.29) is 11.9 Å². The van der Waals surface area contributed by atoms with Crippen LogP contribution in [0.5, 0.6) is 5.75 Å². The number of nitrogens with two attached hydrogens (primary N) is 1. The molecule has 0 amide bonds. The van der Waals surface area contributed by atoms with Gasteiger partial charge in [0, 0.05) is 28.5 Å². The smallest absolute Gasteiger partial charge is 0.227 e. The van der Waals surface area contributed by atoms with E-state index in [0.717, 1.165) is 29.5 Å². The van der Waals surface area contributed by atoms with Gasteiger partial charge in [0.25, 0.3) is 0 Å². The van der Waals surface area contributed by atoms with Crippen molar-refractivity contribution in [3.05, 3.63) is 65.0 Å². The minimum absolute atomic E-state index is 0.185. The van der Waals surface area contributed by atoms with E-state index in [1.165, 1.54) is 30.3 Å². The molecule has 162 valence electrons. The Kier molecular flexibility index (Phi) is 8.16. The van der Waals surface area contributed by atoms with Crippen LogP contribution >= 0.6 is 11.8 Å². The van der Waals surface area contributed by atoms with Gasteiger partial charge in [-0.2, -0.15) is 0 Å². The van der Waals surface area contributed by atoms with Crippen LogP contribution in [0.3, 0.4) is 0 Å². The van der Waals surface area contributed by atoms with Crippen molar-refractivity contribution < 1.29 is 13.9 Å². The van der Waals surface area contributed by atoms with Crippen LogP contribution in [0.15, 0.2) is 47.5 Å². The number of ether oxygens (including phenoxy) is 2. The number of hydrogen-bond donors (Lipinski definition) is 1. The zero-order valence-corrected chi connectivity index (χ0v) is 18.8. The number of nitrogens with zero attached hydrogens (tertiary/aromatic N) is 1. The minimum atomic E-state index is -0.500. The van der Waals surface area contributed by atoms with Gasteiger partial charge in [0.05, 0.1) is 6.61 Å². The lowest BCUT2D eigenvalue weighted by Gasteiger charge is -2.28. The summed E-state index contributed by atoms with van der Waals surface area (Å²) in [7, 11) is 0. The summed E-state index contributed by atoms with van der Waals surface area (Å²) in [5.41, 5.74) is 8.56. The summed E-state index contributed by atoms with van der Waals surface area (Å²) >= 11 is 1.42. The van der Waals surface area contributed by atoms with Crippen molar-refractivity contribution in [3.63, 3.8) is 0 Å². The highest BCUT2D eigenvalue weighted by atomic mass is 32.2. The normalized spacial score (nSPS) is 17.5. The summed E-state index contributed by atoms with van der Waals surface area (Å²) < 4.78 is 26.0. The molecule has 0 aliphatic carbocycles. The fraction of sp³-hybridized carbons (Fsp3) is 0.458. The number of thioether (sulfide) groups is 1. The SMILES string of the molecule is CC(C)CCC[C@@H](C)N=C(N)SCc1cc(F)cc2c1O[C@H](c1ccccc1)OC2. The summed E-state index contributed by atoms with van der Waals surface area (Å²) in [5.74, 6) is 1.58. The third-order valence-corrected chi connectivity index (χ3v) is 5.88. The molecule has 0 fully saturated rings. The molecule has 1 aliphatic heterocycles. The third-order valence-electron chi connectivity index (χ3n) is 5.02. The van der Waals surface area contributed by atoms with Gasteiger partial charge in [0.1, 0.15) is 11.6 Å². The Morgan fingerprint density at radius 2 is 1.97 bits per heavy atom. The number of rotatable bonds is 8. The molecule has 0 bridgehead atoms. The van der Waals surface area contributed by atoms with E-state index < -0.39 is 6.29 Å². The zero-order valence-electron chi connectivity index (χ0n) is 17.9. The van der Waals surface area contributed by atoms with Crippen molar-refractivity contribution in [1.82, 2.24) is 0 Å². The molecule has 0 aromatic heterocycles. The van der Waals surface area contributed by atoms with Crippen LogP contribution in [0, 0.1) is 11.7 Å². The summed E-state index contributed by atoms with van der Waals surface area (Å²) in [5, 5.41) is 0.525. The third kappa shape index (κ3) is 6.47. The first-order valence-electron chi connectivity index (χ1n) is 10.5. The number of hydrogen-bond acceptors (Lipinski definition) is 4. The molecule has 0 unspecified atom stereocenters. The van der Waals surface area contributed by atoms with Crippen molar-refractivity contribution in [2.24, 2.45) is 16.6 Å². The molecule has 0 saturated carbocycles. The number of fused-ring (bicyclic) bond motifs is 1. The van der Waals surface area contributed by atoms with Crippen molar-refractivity contribution in [2.75, 3.05) is 0 Å². The summed E-state index contributed by atoms with van der Waals surface area (Å²) in [6, 6.07) is 12.9. The largest absolute Gasteiger partial charge is 0.460 e. The predicted molar refractivity (Wildman–Crippen MR) is 122 cm³/mol. The van der Waals surface area contributed by atoms with Gasteiger partial charge in [-0.25, -0.2) is 4.39 Å². The molecular formula is C24H31FN2O2S. The Hall–Kier alpha value is -2.05. The van der Waals surface area contributed by atoms with Crippen LogP contribution < -0.4 is 10.5 Å². The van der Waals surface area contributed by atoms with Gasteiger partial charge in [0.2, 0.25) is 6.29 Å². The first-order valence-corrected chi connectivity index (χ1v) is 11.5. The number of aliphatic imine (C=N–C) groups is 1. The average Bonchev–Trinajstić information content (AvgIpc) is 2.72. The molecule has 2 aromatic rings. The maximum absolute atomic E-state index is 14.1. The highest BCUT2D eigenvalue weighted by molar-refractivity contribution is 8.13. The molecule has 3 rings (SSSR count). The Labute approximate surface area is 183 Å². The Morgan fingerprint density at radius 3 is 2.70 bits per heavy atom. The van der Waals surface area contributed by atoms with Gasteiger partial charge in [-0.05, 0) is 31.4 Å². The maximum Gasteiger partial charge on any atom is 0.227 e. The minimum Gasteiger partial charge on any atom is -0.460 e. The van der Waals surface area contributed by atoms with Crippen molar-refractivity contribution >= 4 is 16.9 Å². The lowest BCUT2D eigenvalue weighted by Crippen LogP contribution is -2.19. The summed E-state index contributed by atoms with van der Waals surface area (Å²) in [6.07, 6.45) is 2.87. The van der Waals surface area contributed by atoms with Crippen LogP contribution in [0.4, 0.5) is 4.39 Å². The van der Waals surface area contributed by atoms with E-state index in [1.54, 1.807) is 0 Å². The molecule has 2 aromatic carbocycles. The first kappa shape index (κ1) is 22.6. The van der Waals surface area contributed by atoms with E-state index in [1.807, 2.05) is 30.3 Å².